The van der Waals surface area contributed by atoms with Crippen LogP contribution in [0.3, 0.4) is 0 Å². The molecule has 0 saturated heterocycles. The summed E-state index contributed by atoms with van der Waals surface area (Å²) in [5.41, 5.74) is -0.701. The normalized spacial score (nSPS) is 9.61. The first-order valence-corrected chi connectivity index (χ1v) is 4.83. The summed E-state index contributed by atoms with van der Waals surface area (Å²) in [4.78, 5) is 32.9. The van der Waals surface area contributed by atoms with Gasteiger partial charge >= 0.3 is 17.9 Å². The molecule has 0 radical (unpaired) electrons. The molecular weight excluding hydrogens is 240 g/mol. The summed E-state index contributed by atoms with van der Waals surface area (Å²) in [6.45, 7) is 4.57. The smallest absolute Gasteiger partial charge is 0.336 e. The van der Waals surface area contributed by atoms with Crippen LogP contribution in [-0.2, 0) is 4.79 Å². The van der Waals surface area contributed by atoms with Crippen LogP contribution in [0.2, 0.25) is 0 Å². The Balaban J connectivity index is 3.39. The predicted molar refractivity (Wildman–Crippen MR) is 60.9 cm³/mol. The summed E-state index contributed by atoms with van der Waals surface area (Å²) in [6.07, 6.45) is 0.922. The van der Waals surface area contributed by atoms with Gasteiger partial charge in [0.15, 0.2) is 0 Å². The molecule has 0 aliphatic carbocycles. The minimum Gasteiger partial charge on any atom is -0.478 e. The Labute approximate surface area is 102 Å². The number of hydrogen-bond donors (Lipinski definition) is 2. The van der Waals surface area contributed by atoms with Crippen LogP contribution < -0.4 is 4.74 Å². The number of carbonyl (C=O) groups excluding carboxylic acids is 1. The van der Waals surface area contributed by atoms with Crippen molar-refractivity contribution in [1.82, 2.24) is 0 Å². The van der Waals surface area contributed by atoms with Crippen LogP contribution in [-0.4, -0.2) is 28.1 Å². The molecular formula is C12H10O6. The molecule has 0 unspecified atom stereocenters. The third-order valence-electron chi connectivity index (χ3n) is 2.24. The fourth-order valence-electron chi connectivity index (χ4n) is 1.41. The number of carboxylic acids is 2. The van der Waals surface area contributed by atoms with E-state index in [0.29, 0.717) is 0 Å². The molecule has 2 N–H and O–H groups in total. The van der Waals surface area contributed by atoms with Gasteiger partial charge in [-0.3, -0.25) is 0 Å². The first kappa shape index (κ1) is 13.4. The molecule has 0 amide bonds. The van der Waals surface area contributed by atoms with Gasteiger partial charge in [-0.2, -0.15) is 0 Å². The van der Waals surface area contributed by atoms with E-state index in [9.17, 15) is 14.4 Å². The molecule has 0 aliphatic heterocycles. The van der Waals surface area contributed by atoms with Gasteiger partial charge in [-0.1, -0.05) is 6.58 Å². The molecule has 0 heterocycles. The number of benzene rings is 1. The molecule has 1 rings (SSSR count). The fraction of sp³-hybridized carbons (Fsp3) is 0.0833. The van der Waals surface area contributed by atoms with Crippen molar-refractivity contribution in [3.63, 3.8) is 0 Å². The molecule has 6 nitrogen and oxygen atoms in total. The maximum atomic E-state index is 11.0. The number of hydrogen-bond acceptors (Lipinski definition) is 4. The molecule has 0 fully saturated rings. The van der Waals surface area contributed by atoms with Crippen molar-refractivity contribution < 1.29 is 29.3 Å². The second kappa shape index (κ2) is 5.13. The quantitative estimate of drug-likeness (QED) is 0.477. The Morgan fingerprint density at radius 1 is 1.22 bits per heavy atom. The van der Waals surface area contributed by atoms with Gasteiger partial charge in [0.2, 0.25) is 0 Å². The van der Waals surface area contributed by atoms with Crippen LogP contribution in [0.1, 0.15) is 26.3 Å². The maximum Gasteiger partial charge on any atom is 0.336 e. The Morgan fingerprint density at radius 2 is 1.83 bits per heavy atom. The van der Waals surface area contributed by atoms with Gasteiger partial charge < -0.3 is 14.9 Å². The van der Waals surface area contributed by atoms with E-state index in [1.165, 1.54) is 13.0 Å². The van der Waals surface area contributed by atoms with Crippen LogP contribution in [0.4, 0.5) is 0 Å². The Hall–Kier alpha value is -2.63. The second-order valence-corrected chi connectivity index (χ2v) is 3.35. The monoisotopic (exact) mass is 250 g/mol. The molecule has 1 aromatic carbocycles. The van der Waals surface area contributed by atoms with E-state index in [1.54, 1.807) is 0 Å². The van der Waals surface area contributed by atoms with E-state index in [1.807, 2.05) is 0 Å². The topological polar surface area (TPSA) is 101 Å². The van der Waals surface area contributed by atoms with Crippen molar-refractivity contribution in [3.8, 4) is 5.75 Å². The van der Waals surface area contributed by atoms with Crippen LogP contribution in [0.15, 0.2) is 24.8 Å². The zero-order valence-corrected chi connectivity index (χ0v) is 9.47. The molecule has 94 valence electrons. The highest BCUT2D eigenvalue weighted by Gasteiger charge is 2.21. The molecule has 0 atom stereocenters. The standard InChI is InChI=1S/C12H10O6/c1-3-9(13)18-8-5-4-7(11(14)15)10(6(8)2)12(16)17/h3-5H,1H2,2H3,(H,14,15)(H,16,17). The van der Waals surface area contributed by atoms with Gasteiger partial charge in [0, 0.05) is 11.6 Å². The lowest BCUT2D eigenvalue weighted by Gasteiger charge is -2.10. The Bertz CT molecular complexity index is 544. The van der Waals surface area contributed by atoms with Gasteiger partial charge in [-0.25, -0.2) is 14.4 Å². The summed E-state index contributed by atoms with van der Waals surface area (Å²) >= 11 is 0. The van der Waals surface area contributed by atoms with Gasteiger partial charge in [0.1, 0.15) is 5.75 Å². The first-order valence-electron chi connectivity index (χ1n) is 4.83. The summed E-state index contributed by atoms with van der Waals surface area (Å²) < 4.78 is 4.81. The molecule has 0 saturated carbocycles. The largest absolute Gasteiger partial charge is 0.478 e. The third kappa shape index (κ3) is 2.54. The number of esters is 1. The molecule has 1 aromatic rings. The number of carboxylic acid groups (broad SMARTS) is 2. The van der Waals surface area contributed by atoms with Crippen LogP contribution in [0, 0.1) is 6.92 Å². The lowest BCUT2D eigenvalue weighted by Crippen LogP contribution is -2.13. The van der Waals surface area contributed by atoms with E-state index >= 15 is 0 Å². The number of carbonyl (C=O) groups is 3. The summed E-state index contributed by atoms with van der Waals surface area (Å²) in [5, 5.41) is 17.9. The van der Waals surface area contributed by atoms with E-state index < -0.39 is 23.5 Å². The highest BCUT2D eigenvalue weighted by Crippen LogP contribution is 2.25. The number of rotatable bonds is 4. The zero-order valence-electron chi connectivity index (χ0n) is 9.47. The van der Waals surface area contributed by atoms with E-state index in [2.05, 4.69) is 6.58 Å². The number of ether oxygens (including phenoxy) is 1. The van der Waals surface area contributed by atoms with E-state index in [-0.39, 0.29) is 16.9 Å². The minimum atomic E-state index is -1.40. The van der Waals surface area contributed by atoms with Crippen LogP contribution >= 0.6 is 0 Å². The van der Waals surface area contributed by atoms with Gasteiger partial charge in [-0.05, 0) is 19.1 Å². The second-order valence-electron chi connectivity index (χ2n) is 3.35. The van der Waals surface area contributed by atoms with Crippen LogP contribution in [0.5, 0.6) is 5.75 Å². The predicted octanol–water partition coefficient (Wildman–Crippen LogP) is 1.48. The molecule has 0 aliphatic rings. The van der Waals surface area contributed by atoms with Crippen molar-refractivity contribution in [2.24, 2.45) is 0 Å². The average Bonchev–Trinajstić information content (AvgIpc) is 2.30. The Morgan fingerprint density at radius 3 is 2.28 bits per heavy atom. The Kier molecular flexibility index (Phi) is 3.83. The SMILES string of the molecule is C=CC(=O)Oc1ccc(C(=O)O)c(C(=O)O)c1C. The lowest BCUT2D eigenvalue weighted by atomic mass is 10.0. The highest BCUT2D eigenvalue weighted by molar-refractivity contribution is 6.03. The minimum absolute atomic E-state index is 0.0118. The third-order valence-corrected chi connectivity index (χ3v) is 2.24. The maximum absolute atomic E-state index is 11.0. The lowest BCUT2D eigenvalue weighted by molar-refractivity contribution is -0.129. The van der Waals surface area contributed by atoms with Crippen molar-refractivity contribution in [3.05, 3.63) is 41.5 Å². The van der Waals surface area contributed by atoms with Crippen molar-refractivity contribution in [1.29, 1.82) is 0 Å². The summed E-state index contributed by atoms with van der Waals surface area (Å²) in [5.74, 6) is -3.53. The summed E-state index contributed by atoms with van der Waals surface area (Å²) in [6, 6.07) is 2.30. The van der Waals surface area contributed by atoms with E-state index in [4.69, 9.17) is 14.9 Å². The number of aromatic carboxylic acids is 2. The van der Waals surface area contributed by atoms with Crippen molar-refractivity contribution in [2.45, 2.75) is 6.92 Å². The van der Waals surface area contributed by atoms with Gasteiger partial charge in [0.05, 0.1) is 11.1 Å². The van der Waals surface area contributed by atoms with Crippen LogP contribution in [0.25, 0.3) is 0 Å². The molecule has 0 spiro atoms. The first-order chi connectivity index (χ1) is 8.38. The summed E-state index contributed by atoms with van der Waals surface area (Å²) in [7, 11) is 0. The van der Waals surface area contributed by atoms with Gasteiger partial charge in [-0.15, -0.1) is 0 Å². The van der Waals surface area contributed by atoms with E-state index in [0.717, 1.165) is 12.1 Å². The van der Waals surface area contributed by atoms with Gasteiger partial charge in [0.25, 0.3) is 0 Å². The highest BCUT2D eigenvalue weighted by atomic mass is 16.5. The van der Waals surface area contributed by atoms with Crippen molar-refractivity contribution in [2.75, 3.05) is 0 Å². The average molecular weight is 250 g/mol. The van der Waals surface area contributed by atoms with Crippen molar-refractivity contribution >= 4 is 17.9 Å². The molecule has 18 heavy (non-hydrogen) atoms. The zero-order chi connectivity index (χ0) is 13.9. The molecule has 0 bridgehead atoms. The molecule has 6 heteroatoms. The molecule has 0 aromatic heterocycles. The fourth-order valence-corrected chi connectivity index (χ4v) is 1.41.